The van der Waals surface area contributed by atoms with Crippen LogP contribution in [0.2, 0.25) is 5.02 Å². The molecule has 0 saturated heterocycles. The van der Waals surface area contributed by atoms with Gasteiger partial charge in [0.05, 0.1) is 22.0 Å². The average molecular weight is 511 g/mol. The van der Waals surface area contributed by atoms with Crippen LogP contribution in [-0.4, -0.2) is 26.4 Å². The molecular weight excluding hydrogens is 489 g/mol. The number of thioether (sulfide) groups is 1. The van der Waals surface area contributed by atoms with Gasteiger partial charge in [-0.05, 0) is 55.3 Å². The molecule has 1 amide bonds. The number of ether oxygens (including phenoxy) is 1. The van der Waals surface area contributed by atoms with Crippen LogP contribution in [-0.2, 0) is 24.1 Å². The summed E-state index contributed by atoms with van der Waals surface area (Å²) in [5.74, 6) is 0.594. The SMILES string of the molecule is C=CCn1c(COc2ccc(C)c(C)c2)nnc1SCC(=O)Nc1cc(C(F)(F)F)ccc1Cl. The van der Waals surface area contributed by atoms with E-state index in [-0.39, 0.29) is 23.1 Å². The van der Waals surface area contributed by atoms with Gasteiger partial charge in [-0.25, -0.2) is 0 Å². The molecule has 3 rings (SSSR count). The van der Waals surface area contributed by atoms with Crippen molar-refractivity contribution in [2.45, 2.75) is 38.3 Å². The molecule has 6 nitrogen and oxygen atoms in total. The summed E-state index contributed by atoms with van der Waals surface area (Å²) in [6, 6.07) is 8.52. The Morgan fingerprint density at radius 2 is 1.97 bits per heavy atom. The largest absolute Gasteiger partial charge is 0.486 e. The van der Waals surface area contributed by atoms with Crippen LogP contribution in [0.15, 0.2) is 54.2 Å². The number of aryl methyl sites for hydroxylation is 2. The fraction of sp³-hybridized carbons (Fsp3) is 0.261. The minimum absolute atomic E-state index is 0.00644. The fourth-order valence-corrected chi connectivity index (χ4v) is 3.84. The molecule has 1 N–H and O–H groups in total. The second kappa shape index (κ2) is 11.0. The van der Waals surface area contributed by atoms with Crippen LogP contribution in [0.5, 0.6) is 5.75 Å². The summed E-state index contributed by atoms with van der Waals surface area (Å²) in [5.41, 5.74) is 1.25. The first-order valence-electron chi connectivity index (χ1n) is 10.1. The third-order valence-electron chi connectivity index (χ3n) is 4.85. The van der Waals surface area contributed by atoms with E-state index in [4.69, 9.17) is 16.3 Å². The number of anilines is 1. The lowest BCUT2D eigenvalue weighted by Gasteiger charge is -2.12. The summed E-state index contributed by atoms with van der Waals surface area (Å²) in [7, 11) is 0. The molecule has 0 aliphatic heterocycles. The smallest absolute Gasteiger partial charge is 0.416 e. The molecule has 0 aliphatic carbocycles. The van der Waals surface area contributed by atoms with Gasteiger partial charge in [0.2, 0.25) is 5.91 Å². The summed E-state index contributed by atoms with van der Waals surface area (Å²) in [6.45, 7) is 8.30. The van der Waals surface area contributed by atoms with Gasteiger partial charge >= 0.3 is 6.18 Å². The molecule has 180 valence electrons. The van der Waals surface area contributed by atoms with Crippen molar-refractivity contribution < 1.29 is 22.7 Å². The number of halogens is 4. The second-order valence-corrected chi connectivity index (χ2v) is 8.71. The predicted molar refractivity (Wildman–Crippen MR) is 126 cm³/mol. The van der Waals surface area contributed by atoms with Gasteiger partial charge in [-0.1, -0.05) is 35.5 Å². The van der Waals surface area contributed by atoms with Crippen molar-refractivity contribution in [3.8, 4) is 5.75 Å². The lowest BCUT2D eigenvalue weighted by atomic mass is 10.1. The maximum Gasteiger partial charge on any atom is 0.416 e. The number of hydrogen-bond acceptors (Lipinski definition) is 5. The van der Waals surface area contributed by atoms with Gasteiger partial charge in [-0.3, -0.25) is 9.36 Å². The molecular formula is C23H22ClF3N4O2S. The first kappa shape index (κ1) is 25.6. The molecule has 1 heterocycles. The van der Waals surface area contributed by atoms with Crippen LogP contribution in [0, 0.1) is 13.8 Å². The Hall–Kier alpha value is -2.98. The molecule has 0 fully saturated rings. The van der Waals surface area contributed by atoms with Crippen LogP contribution >= 0.6 is 23.4 Å². The van der Waals surface area contributed by atoms with Crippen molar-refractivity contribution in [2.24, 2.45) is 0 Å². The maximum absolute atomic E-state index is 12.9. The van der Waals surface area contributed by atoms with Gasteiger partial charge in [0.15, 0.2) is 11.0 Å². The van der Waals surface area contributed by atoms with E-state index in [0.717, 1.165) is 41.1 Å². The number of allylic oxidation sites excluding steroid dienone is 1. The summed E-state index contributed by atoms with van der Waals surface area (Å²) in [6.07, 6.45) is -2.88. The summed E-state index contributed by atoms with van der Waals surface area (Å²) >= 11 is 7.03. The van der Waals surface area contributed by atoms with Gasteiger partial charge in [0.25, 0.3) is 0 Å². The molecule has 0 saturated carbocycles. The van der Waals surface area contributed by atoms with Crippen LogP contribution in [0.4, 0.5) is 18.9 Å². The van der Waals surface area contributed by atoms with Crippen molar-refractivity contribution in [1.29, 1.82) is 0 Å². The number of alkyl halides is 3. The number of carbonyl (C=O) groups is 1. The molecule has 0 radical (unpaired) electrons. The molecule has 0 spiro atoms. The number of nitrogens with zero attached hydrogens (tertiary/aromatic N) is 3. The Bertz CT molecular complexity index is 1200. The highest BCUT2D eigenvalue weighted by Crippen LogP contribution is 2.34. The zero-order valence-electron chi connectivity index (χ0n) is 18.4. The van der Waals surface area contributed by atoms with Crippen molar-refractivity contribution in [3.05, 3.63) is 76.6 Å². The minimum atomic E-state index is -4.55. The van der Waals surface area contributed by atoms with E-state index in [1.165, 1.54) is 0 Å². The van der Waals surface area contributed by atoms with Crippen molar-refractivity contribution in [2.75, 3.05) is 11.1 Å². The molecule has 1 aromatic heterocycles. The van der Waals surface area contributed by atoms with Crippen molar-refractivity contribution in [3.63, 3.8) is 0 Å². The third-order valence-corrected chi connectivity index (χ3v) is 6.15. The molecule has 0 unspecified atom stereocenters. The van der Waals surface area contributed by atoms with E-state index >= 15 is 0 Å². The van der Waals surface area contributed by atoms with E-state index in [0.29, 0.717) is 23.3 Å². The Kier molecular flexibility index (Phi) is 8.27. The lowest BCUT2D eigenvalue weighted by molar-refractivity contribution is -0.137. The van der Waals surface area contributed by atoms with Crippen molar-refractivity contribution in [1.82, 2.24) is 14.8 Å². The zero-order valence-corrected chi connectivity index (χ0v) is 20.0. The number of amides is 1. The highest BCUT2D eigenvalue weighted by atomic mass is 35.5. The molecule has 0 atom stereocenters. The summed E-state index contributed by atoms with van der Waals surface area (Å²) in [4.78, 5) is 12.4. The Labute approximate surface area is 204 Å². The van der Waals surface area contributed by atoms with Gasteiger partial charge < -0.3 is 10.1 Å². The summed E-state index contributed by atoms with van der Waals surface area (Å²) < 4.78 is 46.4. The Morgan fingerprint density at radius 1 is 1.21 bits per heavy atom. The Balaban J connectivity index is 1.65. The van der Waals surface area contributed by atoms with Gasteiger partial charge in [0, 0.05) is 6.54 Å². The summed E-state index contributed by atoms with van der Waals surface area (Å²) in [5, 5.41) is 11.1. The standard InChI is InChI=1S/C23H22ClF3N4O2S/c1-4-9-31-20(12-33-17-7-5-14(2)15(3)10-17)29-30-22(31)34-13-21(32)28-19-11-16(23(25,26)27)6-8-18(19)24/h4-8,10-11H,1,9,12-13H2,2-3H3,(H,28,32). The van der Waals surface area contributed by atoms with Gasteiger partial charge in [0.1, 0.15) is 12.4 Å². The van der Waals surface area contributed by atoms with E-state index in [1.807, 2.05) is 32.0 Å². The zero-order chi connectivity index (χ0) is 24.9. The molecule has 34 heavy (non-hydrogen) atoms. The predicted octanol–water partition coefficient (Wildman–Crippen LogP) is 6.06. The van der Waals surface area contributed by atoms with Crippen LogP contribution in [0.3, 0.4) is 0 Å². The number of hydrogen-bond donors (Lipinski definition) is 1. The topological polar surface area (TPSA) is 69.0 Å². The molecule has 0 aliphatic rings. The normalized spacial score (nSPS) is 11.4. The lowest BCUT2D eigenvalue weighted by Crippen LogP contribution is -2.16. The van der Waals surface area contributed by atoms with Crippen molar-refractivity contribution >= 4 is 35.0 Å². The highest BCUT2D eigenvalue weighted by Gasteiger charge is 2.31. The van der Waals surface area contributed by atoms with Crippen LogP contribution in [0.1, 0.15) is 22.5 Å². The monoisotopic (exact) mass is 510 g/mol. The number of benzene rings is 2. The first-order valence-corrected chi connectivity index (χ1v) is 11.5. The molecule has 11 heteroatoms. The van der Waals surface area contributed by atoms with Crippen LogP contribution < -0.4 is 10.1 Å². The molecule has 0 bridgehead atoms. The number of rotatable bonds is 9. The van der Waals surface area contributed by atoms with E-state index in [1.54, 1.807) is 10.6 Å². The number of carbonyl (C=O) groups excluding carboxylic acids is 1. The molecule has 2 aromatic carbocycles. The molecule has 3 aromatic rings. The Morgan fingerprint density at radius 3 is 2.65 bits per heavy atom. The van der Waals surface area contributed by atoms with Gasteiger partial charge in [-0.2, -0.15) is 13.2 Å². The maximum atomic E-state index is 12.9. The number of nitrogens with one attached hydrogen (secondary N) is 1. The van der Waals surface area contributed by atoms with Gasteiger partial charge in [-0.15, -0.1) is 16.8 Å². The average Bonchev–Trinajstić information content (AvgIpc) is 3.15. The highest BCUT2D eigenvalue weighted by molar-refractivity contribution is 7.99. The quantitative estimate of drug-likeness (QED) is 0.280. The fourth-order valence-electron chi connectivity index (χ4n) is 2.91. The van der Waals surface area contributed by atoms with Crippen LogP contribution in [0.25, 0.3) is 0 Å². The second-order valence-electron chi connectivity index (χ2n) is 7.36. The van der Waals surface area contributed by atoms with E-state index < -0.39 is 17.6 Å². The minimum Gasteiger partial charge on any atom is -0.486 e. The van der Waals surface area contributed by atoms with E-state index in [9.17, 15) is 18.0 Å². The third kappa shape index (κ3) is 6.54. The number of aromatic nitrogens is 3. The van der Waals surface area contributed by atoms with E-state index in [2.05, 4.69) is 22.1 Å². The first-order chi connectivity index (χ1) is 16.1.